The normalized spacial score (nSPS) is 12.3. The predicted molar refractivity (Wildman–Crippen MR) is 418 cm³/mol. The number of para-hydroxylation sites is 5. The lowest BCUT2D eigenvalue weighted by molar-refractivity contribution is -0.137. The van der Waals surface area contributed by atoms with E-state index in [9.17, 15) is 50.3 Å². The highest BCUT2D eigenvalue weighted by atomic mass is 19.4. The van der Waals surface area contributed by atoms with Crippen molar-refractivity contribution < 1.29 is 57.9 Å². The van der Waals surface area contributed by atoms with Gasteiger partial charge in [0.1, 0.15) is 69.0 Å². The zero-order valence-corrected chi connectivity index (χ0v) is 57.5. The average Bonchev–Trinajstić information content (AvgIpc) is 0.758. The van der Waals surface area contributed by atoms with Crippen LogP contribution in [0.3, 0.4) is 0 Å². The summed E-state index contributed by atoms with van der Waals surface area (Å²) in [6, 6.07) is 76.3. The molecule has 0 radical (unpaired) electrons. The second kappa shape index (κ2) is 26.9. The van der Waals surface area contributed by atoms with E-state index in [2.05, 4.69) is 19.1 Å². The van der Waals surface area contributed by atoms with Gasteiger partial charge in [-0.25, -0.2) is 0 Å². The first kappa shape index (κ1) is 68.3. The van der Waals surface area contributed by atoms with Crippen molar-refractivity contribution in [3.05, 3.63) is 340 Å². The van der Waals surface area contributed by atoms with Crippen LogP contribution in [0.15, 0.2) is 313 Å². The van der Waals surface area contributed by atoms with Gasteiger partial charge in [0.2, 0.25) is 27.1 Å². The standard InChI is InChI=1S/C19H12O4.2C18H9F3O2.2C18H12O2/c20-18-13-3-1-2-4-14(13)23-15-7-6-12-11(17(15)18)5-8-16-19(12)22-10-9-21-16;19-18(20,21)12-6-3-4-10-8-9-14-16(15(10)12)17(22)11-5-1-2-7-13(11)23-14;19-18(20,21)11-7-5-10-6-8-15-16(13(10)9-11)17(22)12-3-1-2-4-14(12)23-15;1-11-5-4-7-13-12(11)9-10-16-17(13)18(19)14-6-2-3-8-15(14)20-16;1-11-6-8-13-12(10-11)7-9-16-17(13)18(19)14-4-2-3-5-15(14)20-16/h1-8H,9-10H2;2*1-9H;2*2-10H,1H3. The van der Waals surface area contributed by atoms with Gasteiger partial charge in [-0.3, -0.25) is 24.0 Å². The summed E-state index contributed by atoms with van der Waals surface area (Å²) in [5.74, 6) is 1.41. The Morgan fingerprint density at radius 3 is 1.17 bits per heavy atom. The van der Waals surface area contributed by atoms with E-state index in [-0.39, 0.29) is 59.8 Å². The molecular weight excluding hydrogens is 1400 g/mol. The maximum Gasteiger partial charge on any atom is 0.417 e. The van der Waals surface area contributed by atoms with Crippen LogP contribution in [0, 0.1) is 13.8 Å². The minimum atomic E-state index is -4.55. The third kappa shape index (κ3) is 12.2. The maximum absolute atomic E-state index is 13.4. The first-order valence-corrected chi connectivity index (χ1v) is 34.5. The molecule has 109 heavy (non-hydrogen) atoms. The van der Waals surface area contributed by atoms with Crippen LogP contribution in [0.1, 0.15) is 22.3 Å². The third-order valence-corrected chi connectivity index (χ3v) is 19.6. The summed E-state index contributed by atoms with van der Waals surface area (Å²) in [6.45, 7) is 5.15. The Morgan fingerprint density at radius 1 is 0.266 bits per heavy atom. The van der Waals surface area contributed by atoms with E-state index in [1.807, 2.05) is 146 Å². The minimum absolute atomic E-state index is 0.0240. The Kier molecular flexibility index (Phi) is 16.9. The van der Waals surface area contributed by atoms with Crippen molar-refractivity contribution in [2.75, 3.05) is 13.2 Å². The summed E-state index contributed by atoms with van der Waals surface area (Å²) >= 11 is 0. The first-order chi connectivity index (χ1) is 52.7. The molecule has 1 aliphatic rings. The van der Waals surface area contributed by atoms with Crippen LogP contribution in [0.2, 0.25) is 0 Å². The third-order valence-electron chi connectivity index (χ3n) is 19.6. The molecule has 0 unspecified atom stereocenters. The second-order valence-electron chi connectivity index (χ2n) is 26.2. The fourth-order valence-corrected chi connectivity index (χ4v) is 14.5. The van der Waals surface area contributed by atoms with Crippen LogP contribution in [0.25, 0.3) is 164 Å². The summed E-state index contributed by atoms with van der Waals surface area (Å²) < 4.78 is 119. The number of hydrogen-bond acceptors (Lipinski definition) is 12. The number of ether oxygens (including phenoxy) is 2. The van der Waals surface area contributed by atoms with Gasteiger partial charge in [0.15, 0.2) is 11.5 Å². The lowest BCUT2D eigenvalue weighted by Gasteiger charge is -2.20. The Bertz CT molecular complexity index is 7520. The molecule has 12 nitrogen and oxygen atoms in total. The number of halogens is 6. The van der Waals surface area contributed by atoms with Crippen molar-refractivity contribution in [2.24, 2.45) is 0 Å². The van der Waals surface area contributed by atoms with E-state index < -0.39 is 28.9 Å². The van der Waals surface area contributed by atoms with E-state index >= 15 is 0 Å². The van der Waals surface area contributed by atoms with Gasteiger partial charge in [-0.2, -0.15) is 26.3 Å². The molecule has 1 aliphatic heterocycles. The molecule has 21 rings (SSSR count). The highest BCUT2D eigenvalue weighted by molar-refractivity contribution is 6.14. The van der Waals surface area contributed by atoms with Crippen molar-refractivity contribution in [2.45, 2.75) is 26.2 Å². The average molecular weight is 1450 g/mol. The predicted octanol–water partition coefficient (Wildman–Crippen LogP) is 22.9. The Hall–Kier alpha value is -13.9. The molecule has 0 fully saturated rings. The molecule has 532 valence electrons. The molecule has 0 saturated heterocycles. The largest absolute Gasteiger partial charge is 0.486 e. The molecule has 0 spiro atoms. The molecule has 0 N–H and O–H groups in total. The van der Waals surface area contributed by atoms with Gasteiger partial charge in [0.05, 0.1) is 65.0 Å². The van der Waals surface area contributed by atoms with Gasteiger partial charge in [-0.05, 0) is 185 Å². The molecule has 0 amide bonds. The zero-order valence-electron chi connectivity index (χ0n) is 57.5. The van der Waals surface area contributed by atoms with Crippen molar-refractivity contribution >= 4 is 164 Å². The number of fused-ring (bicyclic) bond motifs is 22. The van der Waals surface area contributed by atoms with Gasteiger partial charge in [-0.1, -0.05) is 145 Å². The fraction of sp³-hybridized carbons (Fsp3) is 0.0659. The molecule has 0 bridgehead atoms. The van der Waals surface area contributed by atoms with Gasteiger partial charge in [0, 0.05) is 16.2 Å². The van der Waals surface area contributed by atoms with Gasteiger partial charge in [0.25, 0.3) is 0 Å². The van der Waals surface area contributed by atoms with Crippen molar-refractivity contribution in [3.8, 4) is 11.5 Å². The Labute approximate surface area is 609 Å². The smallest absolute Gasteiger partial charge is 0.417 e. The fourth-order valence-electron chi connectivity index (χ4n) is 14.5. The topological polar surface area (TPSA) is 170 Å². The molecule has 0 aliphatic carbocycles. The SMILES string of the molecule is Cc1ccc2c(ccc3oc4ccccc4c(=O)c32)c1.Cc1cccc2c1ccc1oc3ccccc3c(=O)c12.O=c1c2ccccc2oc2ccc3c4c(ccc3c12)OCCO4.O=c1c2ccccc2oc2ccc3ccc(C(F)(F)F)cc3c12.O=c1c2ccccc2oc2ccc3cccc(C(F)(F)F)c3c12. The number of alkyl halides is 6. The highest BCUT2D eigenvalue weighted by Gasteiger charge is 2.34. The van der Waals surface area contributed by atoms with Crippen molar-refractivity contribution in [1.82, 2.24) is 0 Å². The molecule has 0 atom stereocenters. The Balaban J connectivity index is 0.0000000997. The summed E-state index contributed by atoms with van der Waals surface area (Å²) in [6.07, 6.45) is -9.01. The van der Waals surface area contributed by atoms with E-state index in [1.54, 1.807) is 72.8 Å². The van der Waals surface area contributed by atoms with Crippen LogP contribution < -0.4 is 36.6 Å². The van der Waals surface area contributed by atoms with Crippen molar-refractivity contribution in [3.63, 3.8) is 0 Å². The number of benzene rings is 15. The number of hydrogen-bond donors (Lipinski definition) is 0. The van der Waals surface area contributed by atoms with Crippen LogP contribution in [-0.4, -0.2) is 13.2 Å². The molecule has 18 heteroatoms. The van der Waals surface area contributed by atoms with Crippen molar-refractivity contribution in [1.29, 1.82) is 0 Å². The molecular formula is C91H54F6O12. The van der Waals surface area contributed by atoms with E-state index in [4.69, 9.17) is 31.6 Å². The van der Waals surface area contributed by atoms with Crippen LogP contribution in [0.4, 0.5) is 26.3 Å². The summed E-state index contributed by atoms with van der Waals surface area (Å²) in [5.41, 5.74) is 4.94. The first-order valence-electron chi connectivity index (χ1n) is 34.5. The van der Waals surface area contributed by atoms with Crippen LogP contribution in [0.5, 0.6) is 11.5 Å². The van der Waals surface area contributed by atoms with E-state index in [1.165, 1.54) is 29.8 Å². The van der Waals surface area contributed by atoms with E-state index in [0.717, 1.165) is 56.1 Å². The maximum atomic E-state index is 13.4. The Morgan fingerprint density at radius 2 is 0.651 bits per heavy atom. The molecule has 15 aromatic carbocycles. The van der Waals surface area contributed by atoms with Crippen LogP contribution in [-0.2, 0) is 12.4 Å². The number of aryl methyl sites for hydroxylation is 2. The summed E-state index contributed by atoms with van der Waals surface area (Å²) in [5, 5.41) is 11.4. The summed E-state index contributed by atoms with van der Waals surface area (Å²) in [4.78, 5) is 63.9. The lowest BCUT2D eigenvalue weighted by Crippen LogP contribution is -2.15. The molecule has 20 aromatic rings. The zero-order chi connectivity index (χ0) is 75.1. The number of rotatable bonds is 0. The lowest BCUT2D eigenvalue weighted by atomic mass is 9.99. The van der Waals surface area contributed by atoms with E-state index in [0.29, 0.717) is 118 Å². The summed E-state index contributed by atoms with van der Waals surface area (Å²) in [7, 11) is 0. The van der Waals surface area contributed by atoms with Gasteiger partial charge in [-0.15, -0.1) is 0 Å². The molecule has 0 saturated carbocycles. The monoisotopic (exact) mass is 1450 g/mol. The highest BCUT2D eigenvalue weighted by Crippen LogP contribution is 2.42. The van der Waals surface area contributed by atoms with Gasteiger partial charge >= 0.3 is 12.4 Å². The van der Waals surface area contributed by atoms with Gasteiger partial charge < -0.3 is 31.6 Å². The molecule has 6 heterocycles. The quantitative estimate of drug-likeness (QED) is 0.0801. The second-order valence-corrected chi connectivity index (χ2v) is 26.2. The van der Waals surface area contributed by atoms with Crippen LogP contribution >= 0.6 is 0 Å². The molecule has 5 aromatic heterocycles. The minimum Gasteiger partial charge on any atom is -0.486 e.